The quantitative estimate of drug-likeness (QED) is 0.577. The molecule has 96 valence electrons. The van der Waals surface area contributed by atoms with Crippen molar-refractivity contribution >= 4 is 12.0 Å². The minimum Gasteiger partial charge on any atom is -0.481 e. The summed E-state index contributed by atoms with van der Waals surface area (Å²) in [5.41, 5.74) is 0. The normalized spacial score (nSPS) is 20.5. The predicted molar refractivity (Wildman–Crippen MR) is 64.8 cm³/mol. The molecule has 5 heteroatoms. The molecule has 1 heterocycles. The number of nitrogens with one attached hydrogen (secondary N) is 1. The average Bonchev–Trinajstić information content (AvgIpc) is 2.34. The molecule has 0 aromatic rings. The molecule has 1 atom stereocenters. The minimum atomic E-state index is -0.809. The maximum Gasteiger partial charge on any atom is 0.317 e. The number of carbonyl (C=O) groups excluding carboxylic acids is 1. The van der Waals surface area contributed by atoms with E-state index >= 15 is 0 Å². The van der Waals surface area contributed by atoms with Crippen LogP contribution in [0, 0.1) is 5.92 Å². The monoisotopic (exact) mass is 240 g/mol. The molecule has 1 rings (SSSR count). The van der Waals surface area contributed by atoms with E-state index in [2.05, 4.69) is 5.32 Å². The van der Waals surface area contributed by atoms with Crippen molar-refractivity contribution in [2.24, 2.45) is 5.92 Å². The molecule has 0 saturated carbocycles. The summed E-state index contributed by atoms with van der Waals surface area (Å²) in [5, 5.41) is 11.7. The number of aliphatic carboxylic acids is 1. The van der Waals surface area contributed by atoms with Crippen LogP contribution in [0.2, 0.25) is 0 Å². The molecule has 0 unspecified atom stereocenters. The van der Waals surface area contributed by atoms with E-state index in [1.807, 2.05) is 19.1 Å². The lowest BCUT2D eigenvalue weighted by molar-refractivity contribution is -0.143. The summed E-state index contributed by atoms with van der Waals surface area (Å²) < 4.78 is 0. The molecule has 0 radical (unpaired) electrons. The number of urea groups is 1. The average molecular weight is 240 g/mol. The third-order valence-corrected chi connectivity index (χ3v) is 2.88. The third kappa shape index (κ3) is 4.46. The lowest BCUT2D eigenvalue weighted by Crippen LogP contribution is -2.47. The summed E-state index contributed by atoms with van der Waals surface area (Å²) >= 11 is 0. The minimum absolute atomic E-state index is 0.152. The number of carbonyl (C=O) groups is 2. The summed E-state index contributed by atoms with van der Waals surface area (Å²) in [7, 11) is 0. The first-order chi connectivity index (χ1) is 8.15. The Labute approximate surface area is 101 Å². The first-order valence-electron chi connectivity index (χ1n) is 6.02. The fourth-order valence-corrected chi connectivity index (χ4v) is 1.90. The van der Waals surface area contributed by atoms with Crippen molar-refractivity contribution in [3.63, 3.8) is 0 Å². The van der Waals surface area contributed by atoms with Crippen molar-refractivity contribution in [1.29, 1.82) is 0 Å². The van der Waals surface area contributed by atoms with Gasteiger partial charge in [0.25, 0.3) is 0 Å². The van der Waals surface area contributed by atoms with Gasteiger partial charge in [-0.15, -0.1) is 0 Å². The number of likely N-dealkylation sites (tertiary alicyclic amines) is 1. The SMILES string of the molecule is C/C=C/CCNC(=O)N1CCC[C@H](C(=O)O)C1. The van der Waals surface area contributed by atoms with E-state index in [1.54, 1.807) is 4.90 Å². The Kier molecular flexibility index (Phi) is 5.52. The van der Waals surface area contributed by atoms with Crippen LogP contribution >= 0.6 is 0 Å². The predicted octanol–water partition coefficient (Wildman–Crippen LogP) is 1.46. The van der Waals surface area contributed by atoms with Crippen LogP contribution < -0.4 is 5.32 Å². The molecule has 0 bridgehead atoms. The Hall–Kier alpha value is -1.52. The zero-order valence-corrected chi connectivity index (χ0v) is 10.2. The maximum atomic E-state index is 11.7. The number of piperidine rings is 1. The van der Waals surface area contributed by atoms with E-state index in [0.717, 1.165) is 12.8 Å². The van der Waals surface area contributed by atoms with Crippen LogP contribution in [0.15, 0.2) is 12.2 Å². The number of nitrogens with zero attached hydrogens (tertiary/aromatic N) is 1. The van der Waals surface area contributed by atoms with Crippen LogP contribution in [-0.2, 0) is 4.79 Å². The lowest BCUT2D eigenvalue weighted by atomic mass is 9.99. The molecule has 0 aromatic heterocycles. The molecule has 2 N–H and O–H groups in total. The summed E-state index contributed by atoms with van der Waals surface area (Å²) in [6.07, 6.45) is 6.15. The van der Waals surface area contributed by atoms with E-state index in [-0.39, 0.29) is 6.03 Å². The summed E-state index contributed by atoms with van der Waals surface area (Å²) in [5.74, 6) is -1.22. The Bertz CT molecular complexity index is 302. The first-order valence-corrected chi connectivity index (χ1v) is 6.02. The number of rotatable bonds is 4. The van der Waals surface area contributed by atoms with Gasteiger partial charge in [0.2, 0.25) is 0 Å². The number of amides is 2. The standard InChI is InChI=1S/C12H20N2O3/c1-2-3-4-7-13-12(17)14-8-5-6-10(9-14)11(15)16/h2-3,10H,4-9H2,1H3,(H,13,17)(H,15,16)/b3-2+/t10-/m0/s1. The van der Waals surface area contributed by atoms with E-state index < -0.39 is 11.9 Å². The Morgan fingerprint density at radius 2 is 2.29 bits per heavy atom. The molecule has 1 aliphatic rings. The van der Waals surface area contributed by atoms with Gasteiger partial charge in [-0.05, 0) is 26.2 Å². The van der Waals surface area contributed by atoms with Gasteiger partial charge in [0.15, 0.2) is 0 Å². The summed E-state index contributed by atoms with van der Waals surface area (Å²) in [6, 6.07) is -0.152. The van der Waals surface area contributed by atoms with Crippen LogP contribution in [0.1, 0.15) is 26.2 Å². The molecule has 1 fully saturated rings. The molecule has 0 aromatic carbocycles. The second-order valence-electron chi connectivity index (χ2n) is 4.21. The molecule has 0 spiro atoms. The van der Waals surface area contributed by atoms with Gasteiger partial charge in [-0.25, -0.2) is 4.79 Å². The molecule has 2 amide bonds. The smallest absolute Gasteiger partial charge is 0.317 e. The van der Waals surface area contributed by atoms with Gasteiger partial charge in [-0.3, -0.25) is 4.79 Å². The van der Waals surface area contributed by atoms with Gasteiger partial charge < -0.3 is 15.3 Å². The third-order valence-electron chi connectivity index (χ3n) is 2.88. The van der Waals surface area contributed by atoms with Crippen molar-refractivity contribution in [3.05, 3.63) is 12.2 Å². The lowest BCUT2D eigenvalue weighted by Gasteiger charge is -2.30. The first kappa shape index (κ1) is 13.5. The number of hydrogen-bond acceptors (Lipinski definition) is 2. The summed E-state index contributed by atoms with van der Waals surface area (Å²) in [6.45, 7) is 3.51. The maximum absolute atomic E-state index is 11.7. The van der Waals surface area contributed by atoms with Crippen molar-refractivity contribution in [2.75, 3.05) is 19.6 Å². The Balaban J connectivity index is 2.33. The second-order valence-corrected chi connectivity index (χ2v) is 4.21. The van der Waals surface area contributed by atoms with E-state index in [4.69, 9.17) is 5.11 Å². The van der Waals surface area contributed by atoms with Crippen LogP contribution in [0.25, 0.3) is 0 Å². The van der Waals surface area contributed by atoms with Crippen LogP contribution in [0.5, 0.6) is 0 Å². The topological polar surface area (TPSA) is 69.6 Å². The zero-order chi connectivity index (χ0) is 12.7. The highest BCUT2D eigenvalue weighted by Gasteiger charge is 2.27. The van der Waals surface area contributed by atoms with Crippen LogP contribution in [-0.4, -0.2) is 41.6 Å². The van der Waals surface area contributed by atoms with Gasteiger partial charge >= 0.3 is 12.0 Å². The molecule has 5 nitrogen and oxygen atoms in total. The van der Waals surface area contributed by atoms with Crippen molar-refractivity contribution in [3.8, 4) is 0 Å². The molecule has 1 saturated heterocycles. The fourth-order valence-electron chi connectivity index (χ4n) is 1.90. The molecule has 1 aliphatic heterocycles. The van der Waals surface area contributed by atoms with Crippen molar-refractivity contribution in [1.82, 2.24) is 10.2 Å². The number of hydrogen-bond donors (Lipinski definition) is 2. The van der Waals surface area contributed by atoms with Gasteiger partial charge in [0.1, 0.15) is 0 Å². The number of carboxylic acid groups (broad SMARTS) is 1. The zero-order valence-electron chi connectivity index (χ0n) is 10.2. The van der Waals surface area contributed by atoms with Crippen LogP contribution in [0.4, 0.5) is 4.79 Å². The van der Waals surface area contributed by atoms with Crippen LogP contribution in [0.3, 0.4) is 0 Å². The Morgan fingerprint density at radius 1 is 1.53 bits per heavy atom. The van der Waals surface area contributed by atoms with Gasteiger partial charge in [-0.2, -0.15) is 0 Å². The molecular weight excluding hydrogens is 220 g/mol. The molecule has 0 aliphatic carbocycles. The highest BCUT2D eigenvalue weighted by atomic mass is 16.4. The van der Waals surface area contributed by atoms with Crippen molar-refractivity contribution in [2.45, 2.75) is 26.2 Å². The number of carboxylic acids is 1. The fraction of sp³-hybridized carbons (Fsp3) is 0.667. The highest BCUT2D eigenvalue weighted by molar-refractivity contribution is 5.76. The van der Waals surface area contributed by atoms with Crippen molar-refractivity contribution < 1.29 is 14.7 Å². The molecule has 17 heavy (non-hydrogen) atoms. The van der Waals surface area contributed by atoms with Gasteiger partial charge in [0, 0.05) is 19.6 Å². The van der Waals surface area contributed by atoms with Gasteiger partial charge in [0.05, 0.1) is 5.92 Å². The summed E-state index contributed by atoms with van der Waals surface area (Å²) in [4.78, 5) is 24.2. The molecular formula is C12H20N2O3. The largest absolute Gasteiger partial charge is 0.481 e. The van der Waals surface area contributed by atoms with E-state index in [0.29, 0.717) is 26.1 Å². The van der Waals surface area contributed by atoms with E-state index in [9.17, 15) is 9.59 Å². The highest BCUT2D eigenvalue weighted by Crippen LogP contribution is 2.16. The number of allylic oxidation sites excluding steroid dienone is 1. The van der Waals surface area contributed by atoms with E-state index in [1.165, 1.54) is 0 Å². The Morgan fingerprint density at radius 3 is 2.94 bits per heavy atom. The second kappa shape index (κ2) is 6.93. The van der Waals surface area contributed by atoms with Gasteiger partial charge in [-0.1, -0.05) is 12.2 Å².